The van der Waals surface area contributed by atoms with Gasteiger partial charge in [0.15, 0.2) is 6.79 Å². The van der Waals surface area contributed by atoms with Crippen LogP contribution in [-0.4, -0.2) is 19.9 Å². The lowest BCUT2D eigenvalue weighted by Gasteiger charge is -2.31. The molecule has 1 atom stereocenters. The standard InChI is InChI=1S/C19H22N2O3/c1-5-16-12(2)21-13(3)17(19(22)24-11-23-4)18(16)15-8-6-7-14(9-15)10-20/h6-9,18,21H,5,11H2,1-4H3. The van der Waals surface area contributed by atoms with Gasteiger partial charge in [-0.1, -0.05) is 19.1 Å². The van der Waals surface area contributed by atoms with Crippen LogP contribution in [0.2, 0.25) is 0 Å². The number of hydrogen-bond donors (Lipinski definition) is 1. The van der Waals surface area contributed by atoms with E-state index in [0.29, 0.717) is 11.1 Å². The number of rotatable bonds is 5. The summed E-state index contributed by atoms with van der Waals surface area (Å²) in [6.45, 7) is 5.83. The molecule has 1 aromatic carbocycles. The van der Waals surface area contributed by atoms with Crippen LogP contribution in [0.25, 0.3) is 0 Å². The predicted octanol–water partition coefficient (Wildman–Crippen LogP) is 3.35. The molecule has 1 aliphatic rings. The Morgan fingerprint density at radius 1 is 1.33 bits per heavy atom. The van der Waals surface area contributed by atoms with E-state index in [-0.39, 0.29) is 12.7 Å². The summed E-state index contributed by atoms with van der Waals surface area (Å²) < 4.78 is 10.0. The van der Waals surface area contributed by atoms with Crippen molar-refractivity contribution in [3.63, 3.8) is 0 Å². The number of hydrogen-bond acceptors (Lipinski definition) is 5. The van der Waals surface area contributed by atoms with Crippen molar-refractivity contribution in [2.45, 2.75) is 33.1 Å². The van der Waals surface area contributed by atoms with Crippen LogP contribution in [0.5, 0.6) is 0 Å². The Morgan fingerprint density at radius 2 is 2.08 bits per heavy atom. The summed E-state index contributed by atoms with van der Waals surface area (Å²) in [4.78, 5) is 12.6. The zero-order chi connectivity index (χ0) is 17.7. The van der Waals surface area contributed by atoms with E-state index in [0.717, 1.165) is 29.0 Å². The lowest BCUT2D eigenvalue weighted by molar-refractivity contribution is -0.149. The highest BCUT2D eigenvalue weighted by atomic mass is 16.7. The monoisotopic (exact) mass is 326 g/mol. The number of ether oxygens (including phenoxy) is 2. The molecule has 0 radical (unpaired) electrons. The summed E-state index contributed by atoms with van der Waals surface area (Å²) in [6, 6.07) is 9.52. The van der Waals surface area contributed by atoms with Gasteiger partial charge in [0.25, 0.3) is 0 Å². The van der Waals surface area contributed by atoms with Crippen molar-refractivity contribution in [2.24, 2.45) is 0 Å². The first-order chi connectivity index (χ1) is 11.5. The maximum atomic E-state index is 12.6. The van der Waals surface area contributed by atoms with E-state index in [1.807, 2.05) is 32.0 Å². The number of carbonyl (C=O) groups excluding carboxylic acids is 1. The number of esters is 1. The second kappa shape index (κ2) is 7.80. The molecule has 0 aromatic heterocycles. The van der Waals surface area contributed by atoms with Gasteiger partial charge in [0.05, 0.1) is 17.2 Å². The molecule has 0 amide bonds. The third-order valence-electron chi connectivity index (χ3n) is 4.16. The molecule has 0 aliphatic carbocycles. The van der Waals surface area contributed by atoms with Gasteiger partial charge in [-0.15, -0.1) is 0 Å². The first-order valence-corrected chi connectivity index (χ1v) is 7.87. The van der Waals surface area contributed by atoms with E-state index in [1.165, 1.54) is 7.11 Å². The molecule has 1 heterocycles. The molecule has 0 saturated heterocycles. The Bertz CT molecular complexity index is 741. The van der Waals surface area contributed by atoms with Crippen LogP contribution in [0.15, 0.2) is 46.8 Å². The molecule has 5 heteroatoms. The number of carbonyl (C=O) groups is 1. The van der Waals surface area contributed by atoms with Crippen molar-refractivity contribution in [1.82, 2.24) is 5.32 Å². The topological polar surface area (TPSA) is 71.3 Å². The average molecular weight is 326 g/mol. The minimum atomic E-state index is -0.410. The lowest BCUT2D eigenvalue weighted by atomic mass is 9.79. The van der Waals surface area contributed by atoms with E-state index < -0.39 is 5.97 Å². The summed E-state index contributed by atoms with van der Waals surface area (Å²) in [5, 5.41) is 12.5. The zero-order valence-corrected chi connectivity index (χ0v) is 14.5. The molecule has 24 heavy (non-hydrogen) atoms. The second-order valence-electron chi connectivity index (χ2n) is 5.68. The first kappa shape index (κ1) is 17.8. The van der Waals surface area contributed by atoms with E-state index in [4.69, 9.17) is 9.47 Å². The van der Waals surface area contributed by atoms with Gasteiger partial charge in [0.1, 0.15) is 0 Å². The molecule has 0 saturated carbocycles. The molecular formula is C19H22N2O3. The molecule has 1 N–H and O–H groups in total. The third-order valence-corrected chi connectivity index (χ3v) is 4.16. The highest BCUT2D eigenvalue weighted by molar-refractivity contribution is 5.92. The molecule has 0 spiro atoms. The molecule has 126 valence electrons. The first-order valence-electron chi connectivity index (χ1n) is 7.87. The number of nitrogens with zero attached hydrogens (tertiary/aromatic N) is 1. The summed E-state index contributed by atoms with van der Waals surface area (Å²) in [5.41, 5.74) is 4.95. The normalized spacial score (nSPS) is 17.4. The Hall–Kier alpha value is -2.58. The van der Waals surface area contributed by atoms with Crippen molar-refractivity contribution >= 4 is 5.97 Å². The Balaban J connectivity index is 2.55. The van der Waals surface area contributed by atoms with Gasteiger partial charge in [-0.25, -0.2) is 4.79 Å². The van der Waals surface area contributed by atoms with Crippen LogP contribution < -0.4 is 5.32 Å². The number of methoxy groups -OCH3 is 1. The van der Waals surface area contributed by atoms with Gasteiger partial charge in [-0.2, -0.15) is 5.26 Å². The highest BCUT2D eigenvalue weighted by Gasteiger charge is 2.33. The van der Waals surface area contributed by atoms with Crippen molar-refractivity contribution in [1.29, 1.82) is 5.26 Å². The van der Waals surface area contributed by atoms with Gasteiger partial charge < -0.3 is 14.8 Å². The maximum Gasteiger partial charge on any atom is 0.338 e. The second-order valence-corrected chi connectivity index (χ2v) is 5.68. The van der Waals surface area contributed by atoms with Gasteiger partial charge in [0.2, 0.25) is 0 Å². The summed E-state index contributed by atoms with van der Waals surface area (Å²) in [5.74, 6) is -0.637. The molecular weight excluding hydrogens is 304 g/mol. The van der Waals surface area contributed by atoms with Crippen LogP contribution in [0.1, 0.15) is 44.2 Å². The van der Waals surface area contributed by atoms with Crippen molar-refractivity contribution in [3.8, 4) is 6.07 Å². The predicted molar refractivity (Wildman–Crippen MR) is 90.7 cm³/mol. The van der Waals surface area contributed by atoms with Crippen LogP contribution in [-0.2, 0) is 14.3 Å². The molecule has 1 unspecified atom stereocenters. The quantitative estimate of drug-likeness (QED) is 0.663. The van der Waals surface area contributed by atoms with E-state index in [1.54, 1.807) is 6.07 Å². The Kier molecular flexibility index (Phi) is 5.78. The van der Waals surface area contributed by atoms with Crippen molar-refractivity contribution in [2.75, 3.05) is 13.9 Å². The van der Waals surface area contributed by atoms with Gasteiger partial charge in [-0.3, -0.25) is 0 Å². The zero-order valence-electron chi connectivity index (χ0n) is 14.5. The molecule has 5 nitrogen and oxygen atoms in total. The van der Waals surface area contributed by atoms with E-state index in [2.05, 4.69) is 18.3 Å². The fourth-order valence-electron chi connectivity index (χ4n) is 3.12. The fourth-order valence-corrected chi connectivity index (χ4v) is 3.12. The van der Waals surface area contributed by atoms with Crippen LogP contribution in [0.3, 0.4) is 0 Å². The van der Waals surface area contributed by atoms with E-state index in [9.17, 15) is 10.1 Å². The number of nitrogens with one attached hydrogen (secondary N) is 1. The van der Waals surface area contributed by atoms with Crippen LogP contribution in [0.4, 0.5) is 0 Å². The molecule has 2 rings (SSSR count). The van der Waals surface area contributed by atoms with Crippen molar-refractivity contribution in [3.05, 3.63) is 57.9 Å². The largest absolute Gasteiger partial charge is 0.435 e. The highest BCUT2D eigenvalue weighted by Crippen LogP contribution is 2.40. The Morgan fingerprint density at radius 3 is 2.71 bits per heavy atom. The molecule has 1 aromatic rings. The van der Waals surface area contributed by atoms with Gasteiger partial charge in [0, 0.05) is 24.4 Å². The molecule has 1 aliphatic heterocycles. The summed E-state index contributed by atoms with van der Waals surface area (Å²) >= 11 is 0. The smallest absolute Gasteiger partial charge is 0.338 e. The van der Waals surface area contributed by atoms with Crippen LogP contribution >= 0.6 is 0 Å². The van der Waals surface area contributed by atoms with Crippen LogP contribution in [0, 0.1) is 11.3 Å². The fraction of sp³-hybridized carbons (Fsp3) is 0.368. The average Bonchev–Trinajstić information content (AvgIpc) is 2.59. The lowest BCUT2D eigenvalue weighted by Crippen LogP contribution is -2.29. The van der Waals surface area contributed by atoms with Crippen molar-refractivity contribution < 1.29 is 14.3 Å². The molecule has 0 fully saturated rings. The molecule has 0 bridgehead atoms. The minimum Gasteiger partial charge on any atom is -0.435 e. The van der Waals surface area contributed by atoms with Gasteiger partial charge in [-0.05, 0) is 43.5 Å². The SMILES string of the molecule is CCC1=C(C)NC(C)=C(C(=O)OCOC)C1c1cccc(C#N)c1. The third kappa shape index (κ3) is 3.50. The Labute approximate surface area is 142 Å². The van der Waals surface area contributed by atoms with E-state index >= 15 is 0 Å². The summed E-state index contributed by atoms with van der Waals surface area (Å²) in [7, 11) is 1.48. The summed E-state index contributed by atoms with van der Waals surface area (Å²) in [6.07, 6.45) is 0.786. The maximum absolute atomic E-state index is 12.6. The number of allylic oxidation sites excluding steroid dienone is 3. The minimum absolute atomic E-state index is 0.0925. The number of dihydropyridines is 1. The number of nitriles is 1. The number of benzene rings is 1. The van der Waals surface area contributed by atoms with Gasteiger partial charge >= 0.3 is 5.97 Å².